The van der Waals surface area contributed by atoms with Crippen LogP contribution in [0.2, 0.25) is 8.67 Å². The highest BCUT2D eigenvalue weighted by Crippen LogP contribution is 2.43. The van der Waals surface area contributed by atoms with E-state index in [2.05, 4.69) is 6.58 Å². The van der Waals surface area contributed by atoms with E-state index < -0.39 is 0 Å². The maximum absolute atomic E-state index is 11.9. The summed E-state index contributed by atoms with van der Waals surface area (Å²) in [6.45, 7) is 4.77. The third-order valence-electron chi connectivity index (χ3n) is 3.43. The molecule has 2 nitrogen and oxygen atoms in total. The number of rotatable bonds is 2. The maximum atomic E-state index is 11.9. The van der Waals surface area contributed by atoms with Crippen molar-refractivity contribution in [1.82, 2.24) is 4.90 Å². The predicted molar refractivity (Wildman–Crippen MR) is 86.1 cm³/mol. The first-order valence-electron chi connectivity index (χ1n) is 6.02. The van der Waals surface area contributed by atoms with E-state index in [0.29, 0.717) is 13.1 Å². The van der Waals surface area contributed by atoms with Crippen LogP contribution in [-0.2, 0) is 11.3 Å². The van der Waals surface area contributed by atoms with E-state index in [1.54, 1.807) is 4.90 Å². The third kappa shape index (κ3) is 2.42. The van der Waals surface area contributed by atoms with Crippen LogP contribution in [0.5, 0.6) is 0 Å². The molecule has 0 saturated carbocycles. The van der Waals surface area contributed by atoms with Crippen molar-refractivity contribution in [2.24, 2.45) is 0 Å². The minimum absolute atomic E-state index is 0.0588. The van der Waals surface area contributed by atoms with Gasteiger partial charge in [0.05, 0.1) is 15.2 Å². The van der Waals surface area contributed by atoms with E-state index in [-0.39, 0.29) is 11.8 Å². The van der Waals surface area contributed by atoms with Gasteiger partial charge in [0.1, 0.15) is 0 Å². The molecule has 1 aliphatic heterocycles. The van der Waals surface area contributed by atoms with Crippen molar-refractivity contribution >= 4 is 51.8 Å². The lowest BCUT2D eigenvalue weighted by atomic mass is 9.90. The predicted octanol–water partition coefficient (Wildman–Crippen LogP) is 4.78. The molecule has 0 aromatic carbocycles. The summed E-state index contributed by atoms with van der Waals surface area (Å²) in [5.41, 5.74) is 2.25. The zero-order valence-corrected chi connectivity index (χ0v) is 13.6. The minimum atomic E-state index is -0.0588. The van der Waals surface area contributed by atoms with Gasteiger partial charge in [-0.1, -0.05) is 29.8 Å². The van der Waals surface area contributed by atoms with Crippen molar-refractivity contribution in [1.29, 1.82) is 0 Å². The Labute approximate surface area is 135 Å². The Balaban J connectivity index is 2.06. The molecule has 2 aromatic rings. The molecule has 3 heterocycles. The van der Waals surface area contributed by atoms with Crippen LogP contribution in [0.3, 0.4) is 0 Å². The maximum Gasteiger partial charge on any atom is 0.246 e. The van der Waals surface area contributed by atoms with Crippen LogP contribution in [0.4, 0.5) is 0 Å². The van der Waals surface area contributed by atoms with Gasteiger partial charge in [-0.3, -0.25) is 4.79 Å². The SMILES string of the molecule is C=CC(=O)N1Cc2sc(Cl)cc2[C@@H](c2ccsc2Cl)C1. The van der Waals surface area contributed by atoms with E-state index >= 15 is 0 Å². The van der Waals surface area contributed by atoms with Gasteiger partial charge in [0.25, 0.3) is 0 Å². The number of fused-ring (bicyclic) bond motifs is 1. The molecule has 0 radical (unpaired) electrons. The van der Waals surface area contributed by atoms with Crippen molar-refractivity contribution in [3.63, 3.8) is 0 Å². The number of carbonyl (C=O) groups is 1. The molecule has 0 aliphatic carbocycles. The van der Waals surface area contributed by atoms with Crippen LogP contribution >= 0.6 is 45.9 Å². The number of hydrogen-bond acceptors (Lipinski definition) is 3. The lowest BCUT2D eigenvalue weighted by Gasteiger charge is -2.32. The molecule has 1 atom stereocenters. The fraction of sp³-hybridized carbons (Fsp3) is 0.214. The first-order valence-corrected chi connectivity index (χ1v) is 8.47. The van der Waals surface area contributed by atoms with Crippen molar-refractivity contribution in [3.8, 4) is 0 Å². The Bertz CT molecular complexity index is 677. The highest BCUT2D eigenvalue weighted by atomic mass is 35.5. The molecule has 0 bridgehead atoms. The van der Waals surface area contributed by atoms with Crippen LogP contribution in [0.1, 0.15) is 21.9 Å². The zero-order valence-electron chi connectivity index (χ0n) is 10.4. The Hall–Kier alpha value is -0.810. The third-order valence-corrected chi connectivity index (χ3v) is 5.90. The fourth-order valence-electron chi connectivity index (χ4n) is 2.50. The molecule has 0 spiro atoms. The smallest absolute Gasteiger partial charge is 0.246 e. The van der Waals surface area contributed by atoms with Crippen LogP contribution in [0.15, 0.2) is 30.2 Å². The summed E-state index contributed by atoms with van der Waals surface area (Å²) in [5, 5.41) is 1.97. The van der Waals surface area contributed by atoms with Crippen LogP contribution in [-0.4, -0.2) is 17.4 Å². The van der Waals surface area contributed by atoms with Gasteiger partial charge in [0.15, 0.2) is 0 Å². The number of amides is 1. The van der Waals surface area contributed by atoms with Crippen molar-refractivity contribution < 1.29 is 4.79 Å². The second kappa shape index (κ2) is 5.53. The molecule has 104 valence electrons. The molecule has 0 N–H and O–H groups in total. The van der Waals surface area contributed by atoms with Crippen LogP contribution < -0.4 is 0 Å². The Morgan fingerprint density at radius 3 is 2.90 bits per heavy atom. The average Bonchev–Trinajstić information content (AvgIpc) is 3.01. The molecule has 6 heteroatoms. The largest absolute Gasteiger partial charge is 0.333 e. The summed E-state index contributed by atoms with van der Waals surface area (Å²) in [4.78, 5) is 14.9. The molecule has 1 amide bonds. The van der Waals surface area contributed by atoms with Crippen molar-refractivity contribution in [3.05, 3.63) is 54.8 Å². The van der Waals surface area contributed by atoms with Crippen molar-refractivity contribution in [2.75, 3.05) is 6.54 Å². The Morgan fingerprint density at radius 1 is 1.45 bits per heavy atom. The molecule has 3 rings (SSSR count). The Morgan fingerprint density at radius 2 is 2.25 bits per heavy atom. The summed E-state index contributed by atoms with van der Waals surface area (Å²) < 4.78 is 1.52. The number of nitrogens with zero attached hydrogens (tertiary/aromatic N) is 1. The lowest BCUT2D eigenvalue weighted by Crippen LogP contribution is -2.36. The molecule has 20 heavy (non-hydrogen) atoms. The Kier molecular flexibility index (Phi) is 3.91. The molecule has 1 aliphatic rings. The molecule has 0 unspecified atom stereocenters. The molecule has 0 fully saturated rings. The average molecular weight is 344 g/mol. The molecular formula is C14H11Cl2NOS2. The number of halogens is 2. The monoisotopic (exact) mass is 343 g/mol. The normalized spacial score (nSPS) is 17.9. The first-order chi connectivity index (χ1) is 9.60. The quantitative estimate of drug-likeness (QED) is 0.718. The van der Waals surface area contributed by atoms with E-state index in [1.165, 1.54) is 34.3 Å². The number of thiophene rings is 2. The highest BCUT2D eigenvalue weighted by molar-refractivity contribution is 7.16. The first kappa shape index (κ1) is 14.1. The topological polar surface area (TPSA) is 20.3 Å². The molecule has 2 aromatic heterocycles. The van der Waals surface area contributed by atoms with Gasteiger partial charge in [-0.2, -0.15) is 0 Å². The van der Waals surface area contributed by atoms with E-state index in [9.17, 15) is 4.79 Å². The van der Waals surface area contributed by atoms with E-state index in [0.717, 1.165) is 19.1 Å². The van der Waals surface area contributed by atoms with Crippen LogP contribution in [0.25, 0.3) is 0 Å². The van der Waals surface area contributed by atoms with Crippen LogP contribution in [0, 0.1) is 0 Å². The second-order valence-corrected chi connectivity index (χ2v) is 7.84. The van der Waals surface area contributed by atoms with Gasteiger partial charge in [0.2, 0.25) is 5.91 Å². The second-order valence-electron chi connectivity index (χ2n) is 4.55. The summed E-state index contributed by atoms with van der Waals surface area (Å²) in [7, 11) is 0. The van der Waals surface area contributed by atoms with Gasteiger partial charge < -0.3 is 4.90 Å². The van der Waals surface area contributed by atoms with Crippen molar-refractivity contribution in [2.45, 2.75) is 12.5 Å². The van der Waals surface area contributed by atoms with Gasteiger partial charge in [-0.15, -0.1) is 22.7 Å². The summed E-state index contributed by atoms with van der Waals surface area (Å²) >= 11 is 15.4. The lowest BCUT2D eigenvalue weighted by molar-refractivity contribution is -0.127. The highest BCUT2D eigenvalue weighted by Gasteiger charge is 2.31. The molecular weight excluding hydrogens is 333 g/mol. The fourth-order valence-corrected chi connectivity index (χ4v) is 4.89. The summed E-state index contributed by atoms with van der Waals surface area (Å²) in [6.07, 6.45) is 1.35. The van der Waals surface area contributed by atoms with Gasteiger partial charge in [-0.05, 0) is 34.7 Å². The summed E-state index contributed by atoms with van der Waals surface area (Å²) in [5.74, 6) is 0.0293. The zero-order chi connectivity index (χ0) is 14.3. The van der Waals surface area contributed by atoms with Gasteiger partial charge in [0, 0.05) is 17.3 Å². The van der Waals surface area contributed by atoms with Gasteiger partial charge >= 0.3 is 0 Å². The standard InChI is InChI=1S/C14H11Cl2NOS2/c1-2-13(18)17-6-10(8-3-4-19-14(8)16)9-5-12(15)20-11(9)7-17/h2-5,10H,1,6-7H2/t10-/m1/s1. The minimum Gasteiger partial charge on any atom is -0.333 e. The molecule has 0 saturated heterocycles. The van der Waals surface area contributed by atoms with Gasteiger partial charge in [-0.25, -0.2) is 0 Å². The van der Waals surface area contributed by atoms with E-state index in [1.807, 2.05) is 17.5 Å². The van der Waals surface area contributed by atoms with E-state index in [4.69, 9.17) is 23.2 Å². The number of hydrogen-bond donors (Lipinski definition) is 0. The number of carbonyl (C=O) groups excluding carboxylic acids is 1. The summed E-state index contributed by atoms with van der Waals surface area (Å²) in [6, 6.07) is 4.02.